The molecule has 2 heterocycles. The molecule has 22 heavy (non-hydrogen) atoms. The molecule has 0 aliphatic carbocycles. The summed E-state index contributed by atoms with van der Waals surface area (Å²) in [7, 11) is 0. The van der Waals surface area contributed by atoms with E-state index in [1.54, 1.807) is 11.1 Å². The third kappa shape index (κ3) is 3.81. The third-order valence-electron chi connectivity index (χ3n) is 3.68. The van der Waals surface area contributed by atoms with Crippen LogP contribution in [0.3, 0.4) is 0 Å². The third-order valence-corrected chi connectivity index (χ3v) is 3.68. The van der Waals surface area contributed by atoms with Gasteiger partial charge in [0.1, 0.15) is 11.4 Å². The summed E-state index contributed by atoms with van der Waals surface area (Å²) < 4.78 is 5.49. The summed E-state index contributed by atoms with van der Waals surface area (Å²) in [5.74, 6) is 0.886. The Kier molecular flexibility index (Phi) is 4.49. The average molecular weight is 306 g/mol. The van der Waals surface area contributed by atoms with E-state index in [9.17, 15) is 4.79 Å². The van der Waals surface area contributed by atoms with Crippen LogP contribution >= 0.6 is 0 Å². The van der Waals surface area contributed by atoms with Crippen LogP contribution in [0.15, 0.2) is 18.3 Å². The van der Waals surface area contributed by atoms with Gasteiger partial charge in [-0.3, -0.25) is 0 Å². The fraction of sp³-hybridized carbons (Fsp3) is 0.625. The predicted octanol–water partition coefficient (Wildman–Crippen LogP) is 2.50. The van der Waals surface area contributed by atoms with Gasteiger partial charge in [0.15, 0.2) is 0 Å². The molecule has 122 valence electrons. The first-order chi connectivity index (χ1) is 10.2. The molecule has 2 atom stereocenters. The Morgan fingerprint density at radius 1 is 1.27 bits per heavy atom. The number of amides is 1. The molecule has 1 amide bonds. The Morgan fingerprint density at radius 2 is 1.95 bits per heavy atom. The maximum atomic E-state index is 12.3. The second kappa shape index (κ2) is 6.02. The zero-order valence-electron chi connectivity index (χ0n) is 14.0. The number of nitrogens with two attached hydrogens (primary N) is 1. The number of anilines is 2. The van der Waals surface area contributed by atoms with Gasteiger partial charge in [-0.15, -0.1) is 0 Å². The minimum atomic E-state index is -0.476. The quantitative estimate of drug-likeness (QED) is 0.863. The summed E-state index contributed by atoms with van der Waals surface area (Å²) in [6, 6.07) is 3.99. The lowest BCUT2D eigenvalue weighted by Gasteiger charge is -2.44. The van der Waals surface area contributed by atoms with Gasteiger partial charge < -0.3 is 20.3 Å². The molecular weight excluding hydrogens is 280 g/mol. The molecule has 1 saturated heterocycles. The highest BCUT2D eigenvalue weighted by Gasteiger charge is 2.34. The molecule has 0 radical (unpaired) electrons. The SMILES string of the molecule is C[C@@H]1CN(c2ccc(N)cn2)[C@H](C)CN1C(=O)OC(C)(C)C. The van der Waals surface area contributed by atoms with E-state index >= 15 is 0 Å². The first kappa shape index (κ1) is 16.4. The van der Waals surface area contributed by atoms with E-state index in [-0.39, 0.29) is 18.2 Å². The lowest BCUT2D eigenvalue weighted by atomic mass is 10.1. The predicted molar refractivity (Wildman–Crippen MR) is 87.9 cm³/mol. The average Bonchev–Trinajstić information content (AvgIpc) is 2.40. The Balaban J connectivity index is 2.08. The number of pyridine rings is 1. The number of carbonyl (C=O) groups is 1. The molecule has 0 saturated carbocycles. The number of carbonyl (C=O) groups excluding carboxylic acids is 1. The van der Waals surface area contributed by atoms with Crippen molar-refractivity contribution in [3.05, 3.63) is 18.3 Å². The van der Waals surface area contributed by atoms with Crippen LogP contribution in [0, 0.1) is 0 Å². The van der Waals surface area contributed by atoms with E-state index in [2.05, 4.69) is 16.8 Å². The first-order valence-corrected chi connectivity index (χ1v) is 7.65. The second-order valence-corrected chi connectivity index (χ2v) is 6.93. The first-order valence-electron chi connectivity index (χ1n) is 7.65. The standard InChI is InChI=1S/C16H26N4O2/c1-11-10-20(15(21)22-16(3,4)5)12(2)9-19(11)14-7-6-13(17)8-18-14/h6-8,11-12H,9-10,17H2,1-5H3/t11-,12-/m1/s1. The van der Waals surface area contributed by atoms with E-state index in [4.69, 9.17) is 10.5 Å². The van der Waals surface area contributed by atoms with Crippen molar-refractivity contribution in [1.82, 2.24) is 9.88 Å². The maximum Gasteiger partial charge on any atom is 0.410 e. The van der Waals surface area contributed by atoms with Gasteiger partial charge >= 0.3 is 6.09 Å². The van der Waals surface area contributed by atoms with Crippen LogP contribution in [0.2, 0.25) is 0 Å². The second-order valence-electron chi connectivity index (χ2n) is 6.93. The molecule has 0 aromatic carbocycles. The number of nitrogen functional groups attached to an aromatic ring is 1. The summed E-state index contributed by atoms with van der Waals surface area (Å²) in [5.41, 5.74) is 5.86. The van der Waals surface area contributed by atoms with Gasteiger partial charge in [0.2, 0.25) is 0 Å². The fourth-order valence-electron chi connectivity index (χ4n) is 2.59. The van der Waals surface area contributed by atoms with E-state index in [1.807, 2.05) is 39.8 Å². The Hall–Kier alpha value is -1.98. The Labute approximate surface area is 132 Å². The number of piperazine rings is 1. The Bertz CT molecular complexity index is 524. The number of hydrogen-bond donors (Lipinski definition) is 1. The van der Waals surface area contributed by atoms with Crippen molar-refractivity contribution in [2.75, 3.05) is 23.7 Å². The van der Waals surface area contributed by atoms with Crippen LogP contribution in [0.25, 0.3) is 0 Å². The Morgan fingerprint density at radius 3 is 2.50 bits per heavy atom. The lowest BCUT2D eigenvalue weighted by Crippen LogP contribution is -2.59. The molecule has 6 heteroatoms. The van der Waals surface area contributed by atoms with Gasteiger partial charge in [-0.25, -0.2) is 9.78 Å². The molecule has 1 fully saturated rings. The molecule has 1 aliphatic rings. The topological polar surface area (TPSA) is 71.7 Å². The van der Waals surface area contributed by atoms with Crippen LogP contribution in [0.1, 0.15) is 34.6 Å². The molecule has 1 aromatic heterocycles. The molecule has 0 unspecified atom stereocenters. The minimum absolute atomic E-state index is 0.0606. The maximum absolute atomic E-state index is 12.3. The van der Waals surface area contributed by atoms with Crippen molar-refractivity contribution in [3.8, 4) is 0 Å². The van der Waals surface area contributed by atoms with Crippen LogP contribution in [-0.2, 0) is 4.74 Å². The van der Waals surface area contributed by atoms with E-state index in [1.165, 1.54) is 0 Å². The molecule has 1 aromatic rings. The molecule has 2 N–H and O–H groups in total. The fourth-order valence-corrected chi connectivity index (χ4v) is 2.59. The highest BCUT2D eigenvalue weighted by molar-refractivity contribution is 5.69. The summed E-state index contributed by atoms with van der Waals surface area (Å²) >= 11 is 0. The van der Waals surface area contributed by atoms with Crippen molar-refractivity contribution < 1.29 is 9.53 Å². The molecule has 2 rings (SSSR count). The van der Waals surface area contributed by atoms with Gasteiger partial charge in [0.05, 0.1) is 11.9 Å². The summed E-state index contributed by atoms with van der Waals surface area (Å²) in [6.45, 7) is 11.1. The largest absolute Gasteiger partial charge is 0.444 e. The van der Waals surface area contributed by atoms with Crippen LogP contribution in [-0.4, -0.2) is 46.8 Å². The smallest absolute Gasteiger partial charge is 0.410 e. The molecular formula is C16H26N4O2. The van der Waals surface area contributed by atoms with E-state index in [0.717, 1.165) is 12.4 Å². The van der Waals surface area contributed by atoms with Crippen molar-refractivity contribution in [2.24, 2.45) is 0 Å². The van der Waals surface area contributed by atoms with Crippen molar-refractivity contribution in [2.45, 2.75) is 52.3 Å². The van der Waals surface area contributed by atoms with Crippen LogP contribution in [0.4, 0.5) is 16.3 Å². The highest BCUT2D eigenvalue weighted by atomic mass is 16.6. The zero-order chi connectivity index (χ0) is 16.5. The van der Waals surface area contributed by atoms with Crippen molar-refractivity contribution >= 4 is 17.6 Å². The van der Waals surface area contributed by atoms with Crippen LogP contribution < -0.4 is 10.6 Å². The summed E-state index contributed by atoms with van der Waals surface area (Å²) in [4.78, 5) is 20.7. The van der Waals surface area contributed by atoms with Gasteiger partial charge in [0.25, 0.3) is 0 Å². The molecule has 6 nitrogen and oxygen atoms in total. The summed E-state index contributed by atoms with van der Waals surface area (Å²) in [5, 5.41) is 0. The van der Waals surface area contributed by atoms with Crippen LogP contribution in [0.5, 0.6) is 0 Å². The number of rotatable bonds is 1. The van der Waals surface area contributed by atoms with E-state index < -0.39 is 5.60 Å². The van der Waals surface area contributed by atoms with Gasteiger partial charge in [-0.05, 0) is 46.8 Å². The van der Waals surface area contributed by atoms with Crippen molar-refractivity contribution in [3.63, 3.8) is 0 Å². The van der Waals surface area contributed by atoms with Crippen molar-refractivity contribution in [1.29, 1.82) is 0 Å². The minimum Gasteiger partial charge on any atom is -0.444 e. The van der Waals surface area contributed by atoms with Gasteiger partial charge in [-0.2, -0.15) is 0 Å². The van der Waals surface area contributed by atoms with Gasteiger partial charge in [-0.1, -0.05) is 0 Å². The lowest BCUT2D eigenvalue weighted by molar-refractivity contribution is 0.0130. The normalized spacial score (nSPS) is 22.6. The molecule has 1 aliphatic heterocycles. The highest BCUT2D eigenvalue weighted by Crippen LogP contribution is 2.23. The number of nitrogens with zero attached hydrogens (tertiary/aromatic N) is 3. The number of ether oxygens (including phenoxy) is 1. The monoisotopic (exact) mass is 306 g/mol. The summed E-state index contributed by atoms with van der Waals surface area (Å²) in [6.07, 6.45) is 1.41. The number of aromatic nitrogens is 1. The zero-order valence-corrected chi connectivity index (χ0v) is 14.0. The van der Waals surface area contributed by atoms with E-state index in [0.29, 0.717) is 12.2 Å². The molecule has 0 bridgehead atoms. The molecule has 0 spiro atoms. The number of hydrogen-bond acceptors (Lipinski definition) is 5. The van der Waals surface area contributed by atoms with Gasteiger partial charge in [0, 0.05) is 25.2 Å².